The molecule has 1 saturated heterocycles. The molecule has 22 heavy (non-hydrogen) atoms. The largest absolute Gasteiger partial charge is 0.371 e. The first-order valence-electron chi connectivity index (χ1n) is 7.90. The van der Waals surface area contributed by atoms with Crippen LogP contribution < -0.4 is 4.90 Å². The summed E-state index contributed by atoms with van der Waals surface area (Å²) in [6, 6.07) is 10.0. The van der Waals surface area contributed by atoms with Crippen LogP contribution in [0.25, 0.3) is 11.4 Å². The van der Waals surface area contributed by atoms with Crippen molar-refractivity contribution in [3.05, 3.63) is 42.7 Å². The average molecular weight is 299 g/mol. The molecule has 0 atom stereocenters. The lowest BCUT2D eigenvalue weighted by atomic mass is 9.83. The quantitative estimate of drug-likeness (QED) is 0.854. The third-order valence-electron chi connectivity index (χ3n) is 4.69. The van der Waals surface area contributed by atoms with E-state index in [9.17, 15) is 4.39 Å². The second-order valence-electron chi connectivity index (χ2n) is 6.30. The highest BCUT2D eigenvalue weighted by Crippen LogP contribution is 2.35. The van der Waals surface area contributed by atoms with Gasteiger partial charge in [0.1, 0.15) is 5.67 Å². The molecule has 116 valence electrons. The maximum atomic E-state index is 14.6. The molecular weight excluding hydrogens is 277 g/mol. The molecule has 3 rings (SSSR count). The SMILES string of the molecule is CC(C)C1(F)CCN(c2ccc(-c3ncccn3)cc2)CC1. The number of rotatable bonds is 3. The summed E-state index contributed by atoms with van der Waals surface area (Å²) in [5.74, 6) is 0.822. The zero-order valence-corrected chi connectivity index (χ0v) is 13.2. The summed E-state index contributed by atoms with van der Waals surface area (Å²) in [4.78, 5) is 10.8. The van der Waals surface area contributed by atoms with Gasteiger partial charge >= 0.3 is 0 Å². The van der Waals surface area contributed by atoms with Crippen LogP contribution in [0.1, 0.15) is 26.7 Å². The Labute approximate surface area is 131 Å². The topological polar surface area (TPSA) is 29.0 Å². The van der Waals surface area contributed by atoms with Crippen LogP contribution in [0.4, 0.5) is 10.1 Å². The van der Waals surface area contributed by atoms with E-state index in [2.05, 4.69) is 27.0 Å². The van der Waals surface area contributed by atoms with Gasteiger partial charge in [0.15, 0.2) is 5.82 Å². The number of halogens is 1. The van der Waals surface area contributed by atoms with Gasteiger partial charge in [0, 0.05) is 36.7 Å². The highest BCUT2D eigenvalue weighted by molar-refractivity contribution is 5.60. The van der Waals surface area contributed by atoms with Crippen molar-refractivity contribution in [1.29, 1.82) is 0 Å². The molecule has 2 aromatic rings. The van der Waals surface area contributed by atoms with E-state index in [-0.39, 0.29) is 5.92 Å². The van der Waals surface area contributed by atoms with Gasteiger partial charge in [0.05, 0.1) is 0 Å². The van der Waals surface area contributed by atoms with Gasteiger partial charge in [0.25, 0.3) is 0 Å². The molecule has 2 heterocycles. The highest BCUT2D eigenvalue weighted by atomic mass is 19.1. The van der Waals surface area contributed by atoms with Crippen molar-refractivity contribution in [2.45, 2.75) is 32.4 Å². The molecule has 1 aromatic carbocycles. The summed E-state index contributed by atoms with van der Waals surface area (Å²) in [6.45, 7) is 5.50. The predicted molar refractivity (Wildman–Crippen MR) is 87.6 cm³/mol. The fourth-order valence-corrected chi connectivity index (χ4v) is 2.98. The van der Waals surface area contributed by atoms with Crippen molar-refractivity contribution in [1.82, 2.24) is 9.97 Å². The molecule has 1 aromatic heterocycles. The molecule has 3 nitrogen and oxygen atoms in total. The molecule has 0 aliphatic carbocycles. The Kier molecular flexibility index (Phi) is 4.10. The van der Waals surface area contributed by atoms with Crippen LogP contribution in [0.3, 0.4) is 0 Å². The predicted octanol–water partition coefficient (Wildman–Crippen LogP) is 4.11. The van der Waals surface area contributed by atoms with Crippen LogP contribution in [0, 0.1) is 5.92 Å². The Balaban J connectivity index is 1.70. The number of nitrogens with zero attached hydrogens (tertiary/aromatic N) is 3. The second kappa shape index (κ2) is 6.03. The van der Waals surface area contributed by atoms with Crippen LogP contribution in [0.5, 0.6) is 0 Å². The Morgan fingerprint density at radius 3 is 2.18 bits per heavy atom. The van der Waals surface area contributed by atoms with Crippen molar-refractivity contribution in [2.24, 2.45) is 5.92 Å². The molecule has 0 radical (unpaired) electrons. The van der Waals surface area contributed by atoms with Gasteiger partial charge in [-0.3, -0.25) is 0 Å². The van der Waals surface area contributed by atoms with E-state index in [1.165, 1.54) is 0 Å². The Bertz CT molecular complexity index is 602. The maximum Gasteiger partial charge on any atom is 0.159 e. The molecule has 0 amide bonds. The van der Waals surface area contributed by atoms with Crippen molar-refractivity contribution in [3.63, 3.8) is 0 Å². The van der Waals surface area contributed by atoms with E-state index in [1.54, 1.807) is 12.4 Å². The van der Waals surface area contributed by atoms with E-state index in [4.69, 9.17) is 0 Å². The maximum absolute atomic E-state index is 14.6. The average Bonchev–Trinajstić information content (AvgIpc) is 2.56. The van der Waals surface area contributed by atoms with Gasteiger partial charge in [-0.05, 0) is 49.1 Å². The molecule has 0 saturated carbocycles. The Hall–Kier alpha value is -1.97. The normalized spacial score (nSPS) is 17.7. The summed E-state index contributed by atoms with van der Waals surface area (Å²) in [5.41, 5.74) is 1.14. The molecule has 0 spiro atoms. The molecule has 4 heteroatoms. The summed E-state index contributed by atoms with van der Waals surface area (Å²) >= 11 is 0. The molecule has 0 N–H and O–H groups in total. The highest BCUT2D eigenvalue weighted by Gasteiger charge is 2.37. The summed E-state index contributed by atoms with van der Waals surface area (Å²) < 4.78 is 14.6. The van der Waals surface area contributed by atoms with Gasteiger partial charge < -0.3 is 4.90 Å². The molecule has 0 bridgehead atoms. The van der Waals surface area contributed by atoms with E-state index in [1.807, 2.05) is 32.0 Å². The third-order valence-corrected chi connectivity index (χ3v) is 4.69. The van der Waals surface area contributed by atoms with E-state index in [0.717, 1.165) is 30.2 Å². The molecule has 0 unspecified atom stereocenters. The van der Waals surface area contributed by atoms with Crippen molar-refractivity contribution in [3.8, 4) is 11.4 Å². The molecule has 1 aliphatic heterocycles. The van der Waals surface area contributed by atoms with Gasteiger partial charge in [-0.15, -0.1) is 0 Å². The van der Waals surface area contributed by atoms with E-state index in [0.29, 0.717) is 12.8 Å². The van der Waals surface area contributed by atoms with Gasteiger partial charge in [-0.2, -0.15) is 0 Å². The van der Waals surface area contributed by atoms with E-state index < -0.39 is 5.67 Å². The minimum atomic E-state index is -1.01. The Morgan fingerprint density at radius 1 is 1.05 bits per heavy atom. The summed E-state index contributed by atoms with van der Waals surface area (Å²) in [7, 11) is 0. The minimum absolute atomic E-state index is 0.0901. The first-order valence-corrected chi connectivity index (χ1v) is 7.90. The minimum Gasteiger partial charge on any atom is -0.371 e. The number of hydrogen-bond donors (Lipinski definition) is 0. The van der Waals surface area contributed by atoms with E-state index >= 15 is 0 Å². The van der Waals surface area contributed by atoms with Gasteiger partial charge in [-0.25, -0.2) is 14.4 Å². The second-order valence-corrected chi connectivity index (χ2v) is 6.30. The van der Waals surface area contributed by atoms with Gasteiger partial charge in [-0.1, -0.05) is 13.8 Å². The first-order chi connectivity index (χ1) is 10.6. The van der Waals surface area contributed by atoms with Crippen LogP contribution in [0.15, 0.2) is 42.7 Å². The lowest BCUT2D eigenvalue weighted by Gasteiger charge is -2.39. The number of alkyl halides is 1. The van der Waals surface area contributed by atoms with Crippen LogP contribution in [0.2, 0.25) is 0 Å². The van der Waals surface area contributed by atoms with Crippen molar-refractivity contribution < 1.29 is 4.39 Å². The van der Waals surface area contributed by atoms with Crippen LogP contribution >= 0.6 is 0 Å². The first kappa shape index (κ1) is 14.9. The zero-order chi connectivity index (χ0) is 15.6. The van der Waals surface area contributed by atoms with Gasteiger partial charge in [0.2, 0.25) is 0 Å². The third kappa shape index (κ3) is 2.96. The zero-order valence-electron chi connectivity index (χ0n) is 13.2. The fourth-order valence-electron chi connectivity index (χ4n) is 2.98. The smallest absolute Gasteiger partial charge is 0.159 e. The molecule has 1 aliphatic rings. The Morgan fingerprint density at radius 2 is 1.64 bits per heavy atom. The van der Waals surface area contributed by atoms with Crippen LogP contribution in [-0.4, -0.2) is 28.7 Å². The number of aromatic nitrogens is 2. The summed E-state index contributed by atoms with van der Waals surface area (Å²) in [6.07, 6.45) is 4.70. The standard InChI is InChI=1S/C18H22FN3/c1-14(2)18(19)8-12-22(13-9-18)16-6-4-15(5-7-16)17-20-10-3-11-21-17/h3-7,10-11,14H,8-9,12-13H2,1-2H3. The van der Waals surface area contributed by atoms with Crippen molar-refractivity contribution >= 4 is 5.69 Å². The van der Waals surface area contributed by atoms with Crippen LogP contribution in [-0.2, 0) is 0 Å². The number of benzene rings is 1. The lowest BCUT2D eigenvalue weighted by Crippen LogP contribution is -2.44. The molecular formula is C18H22FN3. The molecule has 1 fully saturated rings. The fraction of sp³-hybridized carbons (Fsp3) is 0.444. The number of anilines is 1. The summed E-state index contributed by atoms with van der Waals surface area (Å²) in [5, 5.41) is 0. The monoisotopic (exact) mass is 299 g/mol. The number of piperidine rings is 1. The number of hydrogen-bond acceptors (Lipinski definition) is 3. The van der Waals surface area contributed by atoms with Crippen molar-refractivity contribution in [2.75, 3.05) is 18.0 Å². The lowest BCUT2D eigenvalue weighted by molar-refractivity contribution is 0.0699.